The fraction of sp³-hybridized carbons (Fsp3) is 0.385. The van der Waals surface area contributed by atoms with Crippen LogP contribution in [0.4, 0.5) is 18.9 Å². The van der Waals surface area contributed by atoms with E-state index in [0.29, 0.717) is 17.9 Å². The molecule has 1 heterocycles. The van der Waals surface area contributed by atoms with Crippen molar-refractivity contribution < 1.29 is 27.5 Å². The Morgan fingerprint density at radius 2 is 2.09 bits per heavy atom. The molecule has 1 fully saturated rings. The van der Waals surface area contributed by atoms with Crippen molar-refractivity contribution in [1.82, 2.24) is 5.32 Å². The number of para-hydroxylation sites is 2. The third-order valence-corrected chi connectivity index (χ3v) is 3.84. The smallest absolute Gasteiger partial charge is 0.404 e. The second-order valence-electron chi connectivity index (χ2n) is 4.48. The number of rotatable bonds is 3. The third kappa shape index (κ3) is 4.83. The minimum Gasteiger partial charge on any atom is -0.404 e. The largest absolute Gasteiger partial charge is 0.573 e. The predicted molar refractivity (Wildman–Crippen MR) is 75.6 cm³/mol. The van der Waals surface area contributed by atoms with Crippen molar-refractivity contribution in [2.75, 3.05) is 16.8 Å². The van der Waals surface area contributed by atoms with Gasteiger partial charge in [0.2, 0.25) is 11.8 Å². The molecule has 1 aliphatic heterocycles. The van der Waals surface area contributed by atoms with Gasteiger partial charge in [0.05, 0.1) is 5.69 Å². The molecule has 0 bridgehead atoms. The van der Waals surface area contributed by atoms with Crippen molar-refractivity contribution in [3.05, 3.63) is 24.3 Å². The minimum absolute atomic E-state index is 0.103. The van der Waals surface area contributed by atoms with Crippen LogP contribution in [0, 0.1) is 0 Å². The number of carbonyl (C=O) groups is 2. The van der Waals surface area contributed by atoms with E-state index in [1.807, 2.05) is 0 Å². The van der Waals surface area contributed by atoms with Gasteiger partial charge in [-0.25, -0.2) is 0 Å². The molecular weight excluding hydrogens is 321 g/mol. The zero-order valence-corrected chi connectivity index (χ0v) is 12.1. The van der Waals surface area contributed by atoms with Gasteiger partial charge < -0.3 is 15.4 Å². The lowest BCUT2D eigenvalue weighted by Gasteiger charge is -2.17. The second kappa shape index (κ2) is 6.91. The first-order chi connectivity index (χ1) is 10.3. The quantitative estimate of drug-likeness (QED) is 0.889. The van der Waals surface area contributed by atoms with E-state index in [1.165, 1.54) is 30.0 Å². The first-order valence-corrected chi connectivity index (χ1v) is 7.53. The van der Waals surface area contributed by atoms with Gasteiger partial charge in [-0.1, -0.05) is 12.1 Å². The molecule has 2 amide bonds. The Morgan fingerprint density at radius 1 is 1.36 bits per heavy atom. The summed E-state index contributed by atoms with van der Waals surface area (Å²) in [6, 6.07) is 4.44. The average Bonchev–Trinajstić information content (AvgIpc) is 2.64. The molecule has 1 saturated heterocycles. The molecule has 1 unspecified atom stereocenters. The Balaban J connectivity index is 2.09. The number of hydrogen-bond donors (Lipinski definition) is 2. The molecule has 5 nitrogen and oxygen atoms in total. The summed E-state index contributed by atoms with van der Waals surface area (Å²) in [5.41, 5.74) is -0.103. The van der Waals surface area contributed by atoms with Gasteiger partial charge in [0, 0.05) is 17.9 Å². The zero-order valence-electron chi connectivity index (χ0n) is 11.3. The van der Waals surface area contributed by atoms with Crippen LogP contribution in [0.3, 0.4) is 0 Å². The highest BCUT2D eigenvalue weighted by Gasteiger charge is 2.32. The van der Waals surface area contributed by atoms with E-state index in [0.717, 1.165) is 6.07 Å². The molecule has 1 aliphatic rings. The summed E-state index contributed by atoms with van der Waals surface area (Å²) in [5.74, 6) is -0.384. The van der Waals surface area contributed by atoms with Crippen LogP contribution < -0.4 is 15.4 Å². The van der Waals surface area contributed by atoms with Crippen molar-refractivity contribution in [3.8, 4) is 5.75 Å². The Morgan fingerprint density at radius 3 is 2.82 bits per heavy atom. The van der Waals surface area contributed by atoms with Crippen LogP contribution in [0.15, 0.2) is 24.3 Å². The highest BCUT2D eigenvalue weighted by molar-refractivity contribution is 7.99. The number of anilines is 1. The number of nitrogens with one attached hydrogen (secondary N) is 2. The van der Waals surface area contributed by atoms with Gasteiger partial charge in [-0.2, -0.15) is 11.8 Å². The number of halogens is 3. The summed E-state index contributed by atoms with van der Waals surface area (Å²) in [4.78, 5) is 23.5. The maximum absolute atomic E-state index is 12.3. The molecule has 0 radical (unpaired) electrons. The van der Waals surface area contributed by atoms with Crippen LogP contribution in [-0.2, 0) is 9.59 Å². The molecule has 1 aromatic carbocycles. The van der Waals surface area contributed by atoms with Crippen molar-refractivity contribution in [2.24, 2.45) is 0 Å². The third-order valence-electron chi connectivity index (χ3n) is 2.78. The zero-order chi connectivity index (χ0) is 16.2. The van der Waals surface area contributed by atoms with Gasteiger partial charge in [-0.05, 0) is 12.1 Å². The molecule has 22 heavy (non-hydrogen) atoms. The number of thioether (sulfide) groups is 1. The van der Waals surface area contributed by atoms with Crippen LogP contribution >= 0.6 is 11.8 Å². The number of carbonyl (C=O) groups excluding carboxylic acids is 2. The molecule has 0 saturated carbocycles. The molecule has 9 heteroatoms. The standard InChI is InChI=1S/C13H13F3N2O3S/c14-13(15,16)21-10-4-2-1-3-8(10)18-12(20)9-7-22-6-5-11(19)17-9/h1-4,9H,5-7H2,(H,17,19)(H,18,20). The Hall–Kier alpha value is -1.90. The van der Waals surface area contributed by atoms with Crippen LogP contribution in [-0.4, -0.2) is 35.7 Å². The lowest BCUT2D eigenvalue weighted by molar-refractivity contribution is -0.274. The van der Waals surface area contributed by atoms with Crippen molar-refractivity contribution in [3.63, 3.8) is 0 Å². The van der Waals surface area contributed by atoms with E-state index in [9.17, 15) is 22.8 Å². The number of amides is 2. The first-order valence-electron chi connectivity index (χ1n) is 6.38. The number of benzene rings is 1. The second-order valence-corrected chi connectivity index (χ2v) is 5.63. The van der Waals surface area contributed by atoms with Gasteiger partial charge in [0.1, 0.15) is 6.04 Å². The van der Waals surface area contributed by atoms with E-state index < -0.39 is 24.1 Å². The lowest BCUT2D eigenvalue weighted by atomic mass is 10.2. The van der Waals surface area contributed by atoms with E-state index in [1.54, 1.807) is 0 Å². The van der Waals surface area contributed by atoms with Gasteiger partial charge in [0.25, 0.3) is 0 Å². The predicted octanol–water partition coefficient (Wildman–Crippen LogP) is 2.15. The molecule has 1 aromatic rings. The van der Waals surface area contributed by atoms with Gasteiger partial charge in [0.15, 0.2) is 5.75 Å². The maximum Gasteiger partial charge on any atom is 0.573 e. The topological polar surface area (TPSA) is 67.4 Å². The normalized spacial score (nSPS) is 19.0. The molecule has 0 aromatic heterocycles. The van der Waals surface area contributed by atoms with Crippen molar-refractivity contribution in [2.45, 2.75) is 18.8 Å². The summed E-state index contributed by atoms with van der Waals surface area (Å²) in [6.07, 6.45) is -4.55. The summed E-state index contributed by atoms with van der Waals surface area (Å²) in [6.45, 7) is 0. The fourth-order valence-electron chi connectivity index (χ4n) is 1.82. The van der Waals surface area contributed by atoms with Crippen LogP contribution in [0.25, 0.3) is 0 Å². The summed E-state index contributed by atoms with van der Waals surface area (Å²) in [5, 5.41) is 4.89. The number of alkyl halides is 3. The number of hydrogen-bond acceptors (Lipinski definition) is 4. The highest BCUT2D eigenvalue weighted by atomic mass is 32.2. The fourth-order valence-corrected chi connectivity index (χ4v) is 2.79. The van der Waals surface area contributed by atoms with Crippen molar-refractivity contribution >= 4 is 29.3 Å². The summed E-state index contributed by atoms with van der Waals surface area (Å²) < 4.78 is 40.8. The molecular formula is C13H13F3N2O3S. The maximum atomic E-state index is 12.3. The number of ether oxygens (including phenoxy) is 1. The van der Waals surface area contributed by atoms with Gasteiger partial charge >= 0.3 is 6.36 Å². The molecule has 2 rings (SSSR count). The minimum atomic E-state index is -4.85. The van der Waals surface area contributed by atoms with Gasteiger partial charge in [-0.15, -0.1) is 13.2 Å². The van der Waals surface area contributed by atoms with Crippen LogP contribution in [0.2, 0.25) is 0 Å². The molecule has 2 N–H and O–H groups in total. The average molecular weight is 334 g/mol. The van der Waals surface area contributed by atoms with Crippen LogP contribution in [0.5, 0.6) is 5.75 Å². The monoisotopic (exact) mass is 334 g/mol. The lowest BCUT2D eigenvalue weighted by Crippen LogP contribution is -2.44. The van der Waals surface area contributed by atoms with E-state index in [-0.39, 0.29) is 11.6 Å². The first kappa shape index (κ1) is 16.5. The Kier molecular flexibility index (Phi) is 5.17. The summed E-state index contributed by atoms with van der Waals surface area (Å²) >= 11 is 1.43. The van der Waals surface area contributed by atoms with E-state index in [2.05, 4.69) is 15.4 Å². The summed E-state index contributed by atoms with van der Waals surface area (Å²) in [7, 11) is 0. The SMILES string of the molecule is O=C1CCSCC(C(=O)Nc2ccccc2OC(F)(F)F)N1. The van der Waals surface area contributed by atoms with Gasteiger partial charge in [-0.3, -0.25) is 9.59 Å². The molecule has 1 atom stereocenters. The van der Waals surface area contributed by atoms with Crippen LogP contribution in [0.1, 0.15) is 6.42 Å². The Labute approximate surface area is 128 Å². The Bertz CT molecular complexity index is 566. The van der Waals surface area contributed by atoms with E-state index in [4.69, 9.17) is 0 Å². The molecule has 120 valence electrons. The van der Waals surface area contributed by atoms with E-state index >= 15 is 0 Å². The molecule has 0 aliphatic carbocycles. The molecule has 0 spiro atoms. The van der Waals surface area contributed by atoms with Crippen molar-refractivity contribution in [1.29, 1.82) is 0 Å². The highest BCUT2D eigenvalue weighted by Crippen LogP contribution is 2.30.